The largest absolute Gasteiger partial charge is 0.356 e. The molecule has 3 rings (SSSR count). The van der Waals surface area contributed by atoms with Crippen LogP contribution in [-0.4, -0.2) is 59.6 Å². The van der Waals surface area contributed by atoms with E-state index in [-0.39, 0.29) is 44.3 Å². The van der Waals surface area contributed by atoms with Gasteiger partial charge in [-0.2, -0.15) is 0 Å². The molecule has 0 aromatic carbocycles. The number of piperidine rings is 1. The average molecular weight is 526 g/mol. The normalized spacial score (nSPS) is 23.8. The number of likely N-dealkylation sites (tertiary alicyclic amines) is 2. The Hall–Kier alpha value is -1.92. The fraction of sp³-hybridized carbons (Fsp3) is 0.867. The number of hydrogen-bond acceptors (Lipinski definition) is 4. The van der Waals surface area contributed by atoms with Crippen LogP contribution in [0.4, 0.5) is 0 Å². The Morgan fingerprint density at radius 2 is 1.49 bits per heavy atom. The molecule has 2 heterocycles. The first kappa shape index (κ1) is 35.1. The van der Waals surface area contributed by atoms with Crippen LogP contribution in [0.15, 0.2) is 0 Å². The predicted octanol–water partition coefficient (Wildman–Crippen LogP) is 6.06. The Kier molecular flexibility index (Phi) is 18.2. The smallest absolute Gasteiger partial charge is 0.232 e. The second-order valence-corrected chi connectivity index (χ2v) is 10.3. The molecule has 1 unspecified atom stereocenters. The van der Waals surface area contributed by atoms with Gasteiger partial charge in [-0.1, -0.05) is 55.4 Å². The number of rotatable bonds is 9. The first-order valence-electron chi connectivity index (χ1n) is 14.7. The molecule has 37 heavy (non-hydrogen) atoms. The van der Waals surface area contributed by atoms with Crippen molar-refractivity contribution in [1.29, 1.82) is 0 Å². The summed E-state index contributed by atoms with van der Waals surface area (Å²) in [7, 11) is 0. The molecule has 1 aliphatic carbocycles. The Balaban J connectivity index is 0. The zero-order chi connectivity index (χ0) is 27.1. The van der Waals surface area contributed by atoms with Gasteiger partial charge in [0.2, 0.25) is 23.6 Å². The Morgan fingerprint density at radius 3 is 2.03 bits per heavy atom. The maximum Gasteiger partial charge on any atom is 0.232 e. The van der Waals surface area contributed by atoms with Gasteiger partial charge in [0, 0.05) is 52.3 Å². The van der Waals surface area contributed by atoms with Crippen molar-refractivity contribution in [1.82, 2.24) is 15.1 Å². The molecule has 1 N–H and O–H groups in total. The van der Waals surface area contributed by atoms with Gasteiger partial charge in [-0.25, -0.2) is 0 Å². The lowest BCUT2D eigenvalue weighted by atomic mass is 9.81. The topological polar surface area (TPSA) is 86.8 Å². The van der Waals surface area contributed by atoms with E-state index < -0.39 is 0 Å². The van der Waals surface area contributed by atoms with Crippen molar-refractivity contribution in [2.24, 2.45) is 23.7 Å². The van der Waals surface area contributed by atoms with E-state index >= 15 is 0 Å². The van der Waals surface area contributed by atoms with Crippen molar-refractivity contribution in [3.8, 4) is 0 Å². The van der Waals surface area contributed by atoms with Crippen molar-refractivity contribution in [3.05, 3.63) is 0 Å². The van der Waals surface area contributed by atoms with E-state index in [2.05, 4.69) is 12.2 Å². The van der Waals surface area contributed by atoms with Crippen molar-refractivity contribution < 1.29 is 20.6 Å². The molecule has 3 aliphatic rings. The van der Waals surface area contributed by atoms with Crippen LogP contribution in [0.2, 0.25) is 0 Å². The highest BCUT2D eigenvalue weighted by atomic mass is 16.2. The summed E-state index contributed by atoms with van der Waals surface area (Å²) in [5.74, 6) is 1.23. The van der Waals surface area contributed by atoms with Crippen molar-refractivity contribution in [2.45, 2.75) is 120 Å². The number of imide groups is 1. The van der Waals surface area contributed by atoms with Crippen LogP contribution in [0.3, 0.4) is 0 Å². The number of hydrogen-bond donors (Lipinski definition) is 1. The molecule has 7 heteroatoms. The highest BCUT2D eigenvalue weighted by Gasteiger charge is 2.37. The Labute approximate surface area is 229 Å². The van der Waals surface area contributed by atoms with E-state index in [1.807, 2.05) is 39.5 Å². The molecule has 3 fully saturated rings. The van der Waals surface area contributed by atoms with Crippen LogP contribution < -0.4 is 5.32 Å². The summed E-state index contributed by atoms with van der Waals surface area (Å²) in [5, 5.41) is 3.06. The van der Waals surface area contributed by atoms with Gasteiger partial charge in [-0.15, -0.1) is 0 Å². The number of nitrogens with one attached hydrogen (secondary N) is 1. The third-order valence-corrected chi connectivity index (χ3v) is 7.63. The molecule has 2 aliphatic heterocycles. The maximum absolute atomic E-state index is 12.5. The molecule has 0 aromatic heterocycles. The number of amides is 4. The Morgan fingerprint density at radius 1 is 0.892 bits per heavy atom. The number of unbranched alkanes of at least 4 members (excludes halogenated alkanes) is 2. The highest BCUT2D eigenvalue weighted by Crippen LogP contribution is 2.31. The molecule has 7 nitrogen and oxygen atoms in total. The summed E-state index contributed by atoms with van der Waals surface area (Å²) in [4.78, 5) is 52.3. The number of nitrogens with zero attached hydrogens (tertiary/aromatic N) is 2. The van der Waals surface area contributed by atoms with Gasteiger partial charge in [0.05, 0.1) is 0 Å². The molecule has 1 saturated carbocycles. The van der Waals surface area contributed by atoms with Crippen LogP contribution in [0.5, 0.6) is 0 Å². The van der Waals surface area contributed by atoms with Crippen LogP contribution in [0, 0.1) is 23.7 Å². The van der Waals surface area contributed by atoms with Crippen molar-refractivity contribution in [3.63, 3.8) is 0 Å². The molecule has 0 bridgehead atoms. The standard InChI is InChI=1S/C25H41N3O4.2C2H6.CH4.H2/c1-18-11-14-27(15-12-18)22(29)6-4-3-5-13-26-24(31)21-9-7-20(8-10-21)17-28-23(30)16-19(2)25(28)32;2*1-2;;/h18-21H,3-17H2,1-2H3,(H,26,31);2*1-2H3;1H4;1H. The van der Waals surface area contributed by atoms with Gasteiger partial charge >= 0.3 is 0 Å². The van der Waals surface area contributed by atoms with E-state index in [4.69, 9.17) is 0 Å². The van der Waals surface area contributed by atoms with E-state index in [1.54, 1.807) is 0 Å². The molecule has 1 atom stereocenters. The minimum Gasteiger partial charge on any atom is -0.356 e. The van der Waals surface area contributed by atoms with Gasteiger partial charge in [0.15, 0.2) is 0 Å². The third kappa shape index (κ3) is 11.6. The lowest BCUT2D eigenvalue weighted by Crippen LogP contribution is -2.38. The Bertz CT molecular complexity index is 687. The summed E-state index contributed by atoms with van der Waals surface area (Å²) in [5.41, 5.74) is 0. The molecule has 0 aromatic rings. The van der Waals surface area contributed by atoms with Gasteiger partial charge in [-0.05, 0) is 63.2 Å². The van der Waals surface area contributed by atoms with Crippen LogP contribution in [-0.2, 0) is 19.2 Å². The molecule has 4 amide bonds. The maximum atomic E-state index is 12.5. The molecule has 2 saturated heterocycles. The van der Waals surface area contributed by atoms with E-state index in [1.165, 1.54) is 4.90 Å². The SMILES string of the molecule is C.CC.CC.CC1CCN(C(=O)CCCCCNC(=O)C2CCC(CN3C(=O)CC(C)C3=O)CC2)CC1.[HH]. The number of carbonyl (C=O) groups excluding carboxylic acids is 4. The average Bonchev–Trinajstić information content (AvgIpc) is 3.14. The van der Waals surface area contributed by atoms with Crippen molar-refractivity contribution in [2.75, 3.05) is 26.2 Å². The van der Waals surface area contributed by atoms with E-state index in [0.29, 0.717) is 31.8 Å². The first-order valence-corrected chi connectivity index (χ1v) is 14.7. The van der Waals surface area contributed by atoms with Crippen LogP contribution in [0.1, 0.15) is 121 Å². The molecule has 0 radical (unpaired) electrons. The van der Waals surface area contributed by atoms with Gasteiger partial charge < -0.3 is 10.2 Å². The summed E-state index contributed by atoms with van der Waals surface area (Å²) >= 11 is 0. The lowest BCUT2D eigenvalue weighted by molar-refractivity contribution is -0.140. The fourth-order valence-corrected chi connectivity index (χ4v) is 5.26. The van der Waals surface area contributed by atoms with Gasteiger partial charge in [0.25, 0.3) is 0 Å². The third-order valence-electron chi connectivity index (χ3n) is 7.63. The second-order valence-electron chi connectivity index (χ2n) is 10.3. The highest BCUT2D eigenvalue weighted by molar-refractivity contribution is 6.03. The monoisotopic (exact) mass is 525 g/mol. The minimum atomic E-state index is -0.184. The van der Waals surface area contributed by atoms with Crippen molar-refractivity contribution >= 4 is 23.6 Å². The summed E-state index contributed by atoms with van der Waals surface area (Å²) in [6.45, 7) is 15.1. The summed E-state index contributed by atoms with van der Waals surface area (Å²) < 4.78 is 0. The zero-order valence-corrected chi connectivity index (χ0v) is 23.9. The zero-order valence-electron chi connectivity index (χ0n) is 23.9. The minimum absolute atomic E-state index is 0. The van der Waals surface area contributed by atoms with Crippen LogP contribution in [0.25, 0.3) is 0 Å². The lowest BCUT2D eigenvalue weighted by Gasteiger charge is -2.30. The second kappa shape index (κ2) is 19.2. The fourth-order valence-electron chi connectivity index (χ4n) is 5.26. The predicted molar refractivity (Wildman–Crippen MR) is 154 cm³/mol. The quantitative estimate of drug-likeness (QED) is 0.293. The molecular formula is C30H59N3O4. The molecular weight excluding hydrogens is 466 g/mol. The van der Waals surface area contributed by atoms with E-state index in [9.17, 15) is 19.2 Å². The molecule has 218 valence electrons. The first-order chi connectivity index (χ1) is 17.3. The summed E-state index contributed by atoms with van der Waals surface area (Å²) in [6, 6.07) is 0. The number of carbonyl (C=O) groups is 4. The van der Waals surface area contributed by atoms with Gasteiger partial charge in [-0.3, -0.25) is 24.1 Å². The van der Waals surface area contributed by atoms with Gasteiger partial charge in [0.1, 0.15) is 0 Å². The van der Waals surface area contributed by atoms with E-state index in [0.717, 1.165) is 76.8 Å². The van der Waals surface area contributed by atoms with Crippen LogP contribution >= 0.6 is 0 Å². The molecule has 0 spiro atoms. The summed E-state index contributed by atoms with van der Waals surface area (Å²) in [6.07, 6.45) is 9.37.